The molecule has 0 spiro atoms. The van der Waals surface area contributed by atoms with E-state index in [4.69, 9.17) is 0 Å². The van der Waals surface area contributed by atoms with Crippen LogP contribution in [0.3, 0.4) is 0 Å². The van der Waals surface area contributed by atoms with Crippen LogP contribution in [0.2, 0.25) is 0 Å². The average Bonchev–Trinajstić information content (AvgIpc) is 3.29. The molecule has 6 heteroatoms. The second-order valence-electron chi connectivity index (χ2n) is 6.66. The molecule has 3 heterocycles. The summed E-state index contributed by atoms with van der Waals surface area (Å²) >= 11 is 3.17. The molecule has 1 fully saturated rings. The smallest absolute Gasteiger partial charge is 0.105 e. The highest BCUT2D eigenvalue weighted by atomic mass is 32.1. The summed E-state index contributed by atoms with van der Waals surface area (Å²) in [6.45, 7) is 5.58. The van der Waals surface area contributed by atoms with Gasteiger partial charge < -0.3 is 0 Å². The van der Waals surface area contributed by atoms with Crippen molar-refractivity contribution < 1.29 is 0 Å². The third-order valence-electron chi connectivity index (χ3n) is 4.51. The van der Waals surface area contributed by atoms with E-state index in [2.05, 4.69) is 55.2 Å². The minimum absolute atomic E-state index is 0.937. The predicted octanol–water partition coefficient (Wildman–Crippen LogP) is 3.98. The van der Waals surface area contributed by atoms with Gasteiger partial charge in [-0.15, -0.1) is 11.3 Å². The molecular weight excluding hydrogens is 336 g/mol. The maximum Gasteiger partial charge on any atom is 0.105 e. The zero-order valence-electron chi connectivity index (χ0n) is 13.9. The summed E-state index contributed by atoms with van der Waals surface area (Å²) in [4.78, 5) is 6.38. The monoisotopic (exact) mass is 358 g/mol. The largest absolute Gasteiger partial charge is 0.299 e. The number of benzene rings is 1. The number of rotatable bonds is 6. The minimum Gasteiger partial charge on any atom is -0.299 e. The second-order valence-corrected chi connectivity index (χ2v) is 8.19. The molecule has 0 saturated carbocycles. The maximum absolute atomic E-state index is 4.33. The lowest BCUT2D eigenvalue weighted by molar-refractivity contribution is 0.320. The number of thiophene rings is 1. The van der Waals surface area contributed by atoms with Crippen LogP contribution in [0.25, 0.3) is 11.0 Å². The lowest BCUT2D eigenvalue weighted by Crippen LogP contribution is -2.18. The molecule has 1 saturated heterocycles. The van der Waals surface area contributed by atoms with Crippen LogP contribution < -0.4 is 0 Å². The molecule has 0 N–H and O–H groups in total. The lowest BCUT2D eigenvalue weighted by atomic mass is 10.2. The first-order valence-corrected chi connectivity index (χ1v) is 10.1. The van der Waals surface area contributed by atoms with Gasteiger partial charge in [0.15, 0.2) is 0 Å². The van der Waals surface area contributed by atoms with E-state index in [0.717, 1.165) is 30.7 Å². The van der Waals surface area contributed by atoms with Gasteiger partial charge in [-0.2, -0.15) is 8.75 Å². The fourth-order valence-electron chi connectivity index (χ4n) is 3.35. The van der Waals surface area contributed by atoms with Crippen LogP contribution in [0, 0.1) is 0 Å². The fraction of sp³-hybridized carbons (Fsp3) is 0.444. The quantitative estimate of drug-likeness (QED) is 0.667. The van der Waals surface area contributed by atoms with E-state index >= 15 is 0 Å². The molecule has 126 valence electrons. The molecule has 1 aliphatic rings. The maximum atomic E-state index is 4.33. The summed E-state index contributed by atoms with van der Waals surface area (Å²) in [5.74, 6) is 0. The van der Waals surface area contributed by atoms with Gasteiger partial charge in [0.2, 0.25) is 0 Å². The van der Waals surface area contributed by atoms with Gasteiger partial charge in [-0.05, 0) is 67.7 Å². The van der Waals surface area contributed by atoms with Gasteiger partial charge in [0.25, 0.3) is 0 Å². The Labute approximate surface area is 151 Å². The van der Waals surface area contributed by atoms with Crippen molar-refractivity contribution in [3.8, 4) is 0 Å². The molecule has 0 unspecified atom stereocenters. The Bertz CT molecular complexity index is 804. The third kappa shape index (κ3) is 3.83. The van der Waals surface area contributed by atoms with Crippen molar-refractivity contribution >= 4 is 34.1 Å². The first-order chi connectivity index (χ1) is 11.8. The van der Waals surface area contributed by atoms with E-state index in [1.54, 1.807) is 0 Å². The van der Waals surface area contributed by atoms with Crippen LogP contribution in [0.4, 0.5) is 0 Å². The van der Waals surface area contributed by atoms with Crippen LogP contribution in [0.5, 0.6) is 0 Å². The molecule has 1 aromatic carbocycles. The SMILES string of the molecule is CN(Cc1ccc2nsnc2c1)Cc1cc(CN2CCCC2)cs1. The Morgan fingerprint density at radius 1 is 1.04 bits per heavy atom. The highest BCUT2D eigenvalue weighted by Gasteiger charge is 2.13. The van der Waals surface area contributed by atoms with Crippen molar-refractivity contribution in [2.75, 3.05) is 20.1 Å². The van der Waals surface area contributed by atoms with Crippen LogP contribution >= 0.6 is 23.1 Å². The van der Waals surface area contributed by atoms with Crippen LogP contribution in [0.1, 0.15) is 28.8 Å². The second kappa shape index (κ2) is 7.27. The molecule has 0 atom stereocenters. The molecule has 4 rings (SSSR count). The molecule has 2 aromatic heterocycles. The summed E-state index contributed by atoms with van der Waals surface area (Å²) in [7, 11) is 2.18. The zero-order chi connectivity index (χ0) is 16.4. The molecular formula is C18H22N4S2. The third-order valence-corrected chi connectivity index (χ3v) is 6.04. The van der Waals surface area contributed by atoms with E-state index < -0.39 is 0 Å². The molecule has 24 heavy (non-hydrogen) atoms. The first-order valence-electron chi connectivity index (χ1n) is 8.45. The number of hydrogen-bond donors (Lipinski definition) is 0. The average molecular weight is 359 g/mol. The summed E-state index contributed by atoms with van der Waals surface area (Å²) in [6, 6.07) is 8.77. The molecule has 0 radical (unpaired) electrons. The molecule has 4 nitrogen and oxygen atoms in total. The Kier molecular flexibility index (Phi) is 4.89. The standard InChI is InChI=1S/C18H22N4S2/c1-21(10-14-4-5-17-18(9-14)20-24-19-17)12-16-8-15(13-23-16)11-22-6-2-3-7-22/h4-5,8-9,13H,2-3,6-7,10-12H2,1H3. The summed E-state index contributed by atoms with van der Waals surface area (Å²) < 4.78 is 8.60. The number of hydrogen-bond acceptors (Lipinski definition) is 6. The van der Waals surface area contributed by atoms with E-state index in [-0.39, 0.29) is 0 Å². The van der Waals surface area contributed by atoms with Gasteiger partial charge >= 0.3 is 0 Å². The number of likely N-dealkylation sites (tertiary alicyclic amines) is 1. The highest BCUT2D eigenvalue weighted by Crippen LogP contribution is 2.21. The number of fused-ring (bicyclic) bond motifs is 1. The molecule has 3 aromatic rings. The Morgan fingerprint density at radius 2 is 1.88 bits per heavy atom. The highest BCUT2D eigenvalue weighted by molar-refractivity contribution is 7.10. The molecule has 1 aliphatic heterocycles. The van der Waals surface area contributed by atoms with Gasteiger partial charge in [0.05, 0.1) is 11.7 Å². The van der Waals surface area contributed by atoms with E-state index in [9.17, 15) is 0 Å². The van der Waals surface area contributed by atoms with Crippen molar-refractivity contribution in [3.63, 3.8) is 0 Å². The Hall–Kier alpha value is -1.34. The topological polar surface area (TPSA) is 32.3 Å². The first kappa shape index (κ1) is 16.1. The van der Waals surface area contributed by atoms with Gasteiger partial charge in [0, 0.05) is 24.5 Å². The molecule has 0 bridgehead atoms. The van der Waals surface area contributed by atoms with E-state index in [1.165, 1.54) is 53.7 Å². The van der Waals surface area contributed by atoms with Crippen LogP contribution in [0.15, 0.2) is 29.6 Å². The van der Waals surface area contributed by atoms with Crippen molar-refractivity contribution in [1.29, 1.82) is 0 Å². The van der Waals surface area contributed by atoms with E-state index in [0.29, 0.717) is 0 Å². The summed E-state index contributed by atoms with van der Waals surface area (Å²) in [6.07, 6.45) is 2.72. The number of aromatic nitrogens is 2. The van der Waals surface area contributed by atoms with Gasteiger partial charge in [-0.1, -0.05) is 6.07 Å². The molecule has 0 amide bonds. The lowest BCUT2D eigenvalue weighted by Gasteiger charge is -2.16. The Morgan fingerprint density at radius 3 is 2.75 bits per heavy atom. The van der Waals surface area contributed by atoms with Gasteiger partial charge in [-0.3, -0.25) is 9.80 Å². The van der Waals surface area contributed by atoms with Gasteiger partial charge in [0.1, 0.15) is 11.0 Å². The zero-order valence-corrected chi connectivity index (χ0v) is 15.6. The van der Waals surface area contributed by atoms with Crippen LogP contribution in [-0.4, -0.2) is 38.7 Å². The van der Waals surface area contributed by atoms with E-state index in [1.807, 2.05) is 11.3 Å². The van der Waals surface area contributed by atoms with Crippen molar-refractivity contribution in [1.82, 2.24) is 18.5 Å². The van der Waals surface area contributed by atoms with Crippen molar-refractivity contribution in [3.05, 3.63) is 45.6 Å². The fourth-order valence-corrected chi connectivity index (χ4v) is 4.83. The van der Waals surface area contributed by atoms with Crippen molar-refractivity contribution in [2.45, 2.75) is 32.5 Å². The Balaban J connectivity index is 1.35. The number of nitrogens with zero attached hydrogens (tertiary/aromatic N) is 4. The summed E-state index contributed by atoms with van der Waals surface area (Å²) in [5, 5.41) is 2.33. The van der Waals surface area contributed by atoms with Crippen LogP contribution in [-0.2, 0) is 19.6 Å². The summed E-state index contributed by atoms with van der Waals surface area (Å²) in [5.41, 5.74) is 4.78. The normalized spacial score (nSPS) is 15.8. The van der Waals surface area contributed by atoms with Gasteiger partial charge in [-0.25, -0.2) is 0 Å². The predicted molar refractivity (Wildman–Crippen MR) is 101 cm³/mol. The van der Waals surface area contributed by atoms with Crippen molar-refractivity contribution in [2.24, 2.45) is 0 Å². The molecule has 0 aliphatic carbocycles. The minimum atomic E-state index is 0.937.